The number of fused-ring (bicyclic) bond motifs is 1. The van der Waals surface area contributed by atoms with E-state index in [1.54, 1.807) is 5.51 Å². The van der Waals surface area contributed by atoms with Crippen LogP contribution in [-0.4, -0.2) is 58.7 Å². The lowest BCUT2D eigenvalue weighted by atomic mass is 10.1. The Hall–Kier alpha value is -2.58. The van der Waals surface area contributed by atoms with Crippen molar-refractivity contribution in [2.24, 2.45) is 0 Å². The van der Waals surface area contributed by atoms with Crippen LogP contribution in [0.5, 0.6) is 0 Å². The first-order valence-corrected chi connectivity index (χ1v) is 10.5. The number of nitrogens with zero attached hydrogens (tertiary/aromatic N) is 5. The van der Waals surface area contributed by atoms with Crippen LogP contribution in [0.25, 0.3) is 10.9 Å². The van der Waals surface area contributed by atoms with E-state index in [-0.39, 0.29) is 5.91 Å². The number of hydrogen-bond donors (Lipinski definition) is 1. The van der Waals surface area contributed by atoms with Crippen molar-refractivity contribution in [2.45, 2.75) is 19.8 Å². The summed E-state index contributed by atoms with van der Waals surface area (Å²) in [7, 11) is 0. The smallest absolute Gasteiger partial charge is 0.240 e. The van der Waals surface area contributed by atoms with Gasteiger partial charge in [0.25, 0.3) is 0 Å². The molecule has 1 aromatic carbocycles. The number of para-hydroxylation sites is 1. The second-order valence-corrected chi connectivity index (χ2v) is 7.79. The Morgan fingerprint density at radius 1 is 1.21 bits per heavy atom. The predicted molar refractivity (Wildman–Crippen MR) is 113 cm³/mol. The fourth-order valence-corrected chi connectivity index (χ4v) is 4.05. The second kappa shape index (κ2) is 8.62. The monoisotopic (exact) mass is 396 g/mol. The molecular formula is C20H24N6OS. The minimum absolute atomic E-state index is 0.0372. The fraction of sp³-hybridized carbons (Fsp3) is 0.400. The summed E-state index contributed by atoms with van der Waals surface area (Å²) in [6, 6.07) is 10.6. The first-order chi connectivity index (χ1) is 13.7. The lowest BCUT2D eigenvalue weighted by Gasteiger charge is -2.36. The van der Waals surface area contributed by atoms with Gasteiger partial charge >= 0.3 is 0 Å². The molecule has 146 valence electrons. The lowest BCUT2D eigenvalue weighted by Crippen LogP contribution is -2.48. The van der Waals surface area contributed by atoms with Gasteiger partial charge in [-0.25, -0.2) is 0 Å². The first-order valence-electron chi connectivity index (χ1n) is 9.65. The van der Waals surface area contributed by atoms with E-state index in [1.807, 2.05) is 6.07 Å². The number of pyridine rings is 1. The largest absolute Gasteiger partial charge is 0.368 e. The topological polar surface area (TPSA) is 74.2 Å². The second-order valence-electron chi connectivity index (χ2n) is 6.96. The molecule has 4 rings (SSSR count). The number of anilines is 2. The summed E-state index contributed by atoms with van der Waals surface area (Å²) >= 11 is 1.33. The number of piperazine rings is 1. The highest BCUT2D eigenvalue weighted by molar-refractivity contribution is 7.13. The first kappa shape index (κ1) is 18.8. The van der Waals surface area contributed by atoms with Crippen molar-refractivity contribution in [2.75, 3.05) is 42.9 Å². The number of hydrogen-bond acceptors (Lipinski definition) is 7. The van der Waals surface area contributed by atoms with Gasteiger partial charge in [0.2, 0.25) is 11.0 Å². The molecule has 3 aromatic rings. The van der Waals surface area contributed by atoms with Crippen LogP contribution in [-0.2, 0) is 11.2 Å². The van der Waals surface area contributed by atoms with Crippen molar-refractivity contribution in [3.63, 3.8) is 0 Å². The van der Waals surface area contributed by atoms with Gasteiger partial charge < -0.3 is 4.90 Å². The van der Waals surface area contributed by atoms with Crippen LogP contribution in [0, 0.1) is 0 Å². The summed E-state index contributed by atoms with van der Waals surface area (Å²) < 4.78 is 0. The van der Waals surface area contributed by atoms with Crippen molar-refractivity contribution in [1.29, 1.82) is 0 Å². The fourth-order valence-electron chi connectivity index (χ4n) is 3.59. The number of carbonyl (C=O) groups excluding carboxylic acids is 1. The van der Waals surface area contributed by atoms with Crippen LogP contribution >= 0.6 is 11.3 Å². The molecule has 1 amide bonds. The molecule has 2 aromatic heterocycles. The summed E-state index contributed by atoms with van der Waals surface area (Å²) in [4.78, 5) is 21.6. The van der Waals surface area contributed by atoms with Crippen LogP contribution in [0.1, 0.15) is 19.0 Å². The summed E-state index contributed by atoms with van der Waals surface area (Å²) in [6.07, 6.45) is 2.08. The zero-order chi connectivity index (χ0) is 19.3. The molecule has 7 nitrogen and oxygen atoms in total. The number of aryl methyl sites for hydroxylation is 1. The number of carbonyl (C=O) groups is 1. The van der Waals surface area contributed by atoms with Crippen LogP contribution < -0.4 is 10.2 Å². The molecule has 28 heavy (non-hydrogen) atoms. The molecule has 1 N–H and O–H groups in total. The third-order valence-electron chi connectivity index (χ3n) is 4.94. The van der Waals surface area contributed by atoms with Crippen molar-refractivity contribution >= 4 is 39.0 Å². The van der Waals surface area contributed by atoms with Gasteiger partial charge in [0.1, 0.15) is 5.51 Å². The van der Waals surface area contributed by atoms with Crippen LogP contribution in [0.3, 0.4) is 0 Å². The zero-order valence-corrected chi connectivity index (χ0v) is 16.8. The number of nitrogens with one attached hydrogen (secondary N) is 1. The van der Waals surface area contributed by atoms with Crippen molar-refractivity contribution in [1.82, 2.24) is 20.1 Å². The SMILES string of the molecule is CCCc1cc(N2CCN(CC(=O)Nc3nncs3)CC2)c2ccccc2n1. The number of aromatic nitrogens is 3. The molecule has 0 atom stereocenters. The van der Waals surface area contributed by atoms with Crippen LogP contribution in [0.2, 0.25) is 0 Å². The van der Waals surface area contributed by atoms with Crippen molar-refractivity contribution < 1.29 is 4.79 Å². The molecule has 8 heteroatoms. The van der Waals surface area contributed by atoms with Gasteiger partial charge in [-0.3, -0.25) is 20.0 Å². The van der Waals surface area contributed by atoms with Gasteiger partial charge in [-0.15, -0.1) is 10.2 Å². The highest BCUT2D eigenvalue weighted by atomic mass is 32.1. The third-order valence-corrected chi connectivity index (χ3v) is 5.55. The Bertz CT molecular complexity index is 937. The van der Waals surface area contributed by atoms with Crippen molar-refractivity contribution in [3.8, 4) is 0 Å². The maximum atomic E-state index is 12.2. The predicted octanol–water partition coefficient (Wildman–Crippen LogP) is 2.80. The molecule has 1 saturated heterocycles. The third kappa shape index (κ3) is 4.28. The van der Waals surface area contributed by atoms with Crippen LogP contribution in [0.15, 0.2) is 35.8 Å². The van der Waals surface area contributed by atoms with E-state index in [9.17, 15) is 4.79 Å². The van der Waals surface area contributed by atoms with E-state index < -0.39 is 0 Å². The van der Waals surface area contributed by atoms with E-state index in [2.05, 4.69) is 56.5 Å². The summed E-state index contributed by atoms with van der Waals surface area (Å²) in [5, 5.41) is 12.1. The molecule has 3 heterocycles. The highest BCUT2D eigenvalue weighted by Gasteiger charge is 2.21. The van der Waals surface area contributed by atoms with Gasteiger partial charge in [-0.05, 0) is 18.6 Å². The number of benzene rings is 1. The Morgan fingerprint density at radius 2 is 2.04 bits per heavy atom. The normalized spacial score (nSPS) is 15.1. The lowest BCUT2D eigenvalue weighted by molar-refractivity contribution is -0.117. The van der Waals surface area contributed by atoms with Gasteiger partial charge in [-0.2, -0.15) is 0 Å². The maximum absolute atomic E-state index is 12.2. The molecule has 1 fully saturated rings. The maximum Gasteiger partial charge on any atom is 0.240 e. The average Bonchev–Trinajstić information content (AvgIpc) is 3.21. The van der Waals surface area contributed by atoms with Gasteiger partial charge in [0.15, 0.2) is 0 Å². The van der Waals surface area contributed by atoms with Crippen molar-refractivity contribution in [3.05, 3.63) is 41.5 Å². The number of rotatable bonds is 6. The van der Waals surface area contributed by atoms with Gasteiger partial charge in [-0.1, -0.05) is 42.9 Å². The summed E-state index contributed by atoms with van der Waals surface area (Å²) in [5.74, 6) is -0.0372. The standard InChI is InChI=1S/C20H24N6OS/c1-2-5-15-12-18(16-6-3-4-7-17(16)22-15)26-10-8-25(9-11-26)13-19(27)23-20-24-21-14-28-20/h3-4,6-7,12,14H,2,5,8-11,13H2,1H3,(H,23,24,27). The molecular weight excluding hydrogens is 372 g/mol. The molecule has 1 aliphatic heterocycles. The molecule has 0 aliphatic carbocycles. The summed E-state index contributed by atoms with van der Waals surface area (Å²) in [5.41, 5.74) is 5.07. The number of amides is 1. The molecule has 0 spiro atoms. The quantitative estimate of drug-likeness (QED) is 0.691. The van der Waals surface area contributed by atoms with Gasteiger partial charge in [0.05, 0.1) is 12.1 Å². The van der Waals surface area contributed by atoms with E-state index in [4.69, 9.17) is 4.98 Å². The van der Waals surface area contributed by atoms with E-state index in [0.29, 0.717) is 11.7 Å². The molecule has 0 saturated carbocycles. The van der Waals surface area contributed by atoms with E-state index in [1.165, 1.54) is 22.4 Å². The van der Waals surface area contributed by atoms with Crippen LogP contribution in [0.4, 0.5) is 10.8 Å². The van der Waals surface area contributed by atoms with Gasteiger partial charge in [0, 0.05) is 42.9 Å². The van der Waals surface area contributed by atoms with E-state index >= 15 is 0 Å². The molecule has 0 unspecified atom stereocenters. The zero-order valence-electron chi connectivity index (χ0n) is 16.0. The highest BCUT2D eigenvalue weighted by Crippen LogP contribution is 2.28. The molecule has 1 aliphatic rings. The minimum atomic E-state index is -0.0372. The average molecular weight is 397 g/mol. The minimum Gasteiger partial charge on any atom is -0.368 e. The Kier molecular flexibility index (Phi) is 5.78. The Morgan fingerprint density at radius 3 is 2.79 bits per heavy atom. The Labute approximate surface area is 168 Å². The Balaban J connectivity index is 1.42. The molecule has 0 bridgehead atoms. The summed E-state index contributed by atoms with van der Waals surface area (Å²) in [6.45, 7) is 6.05. The van der Waals surface area contributed by atoms with E-state index in [0.717, 1.165) is 50.2 Å². The molecule has 0 radical (unpaired) electrons.